The monoisotopic (exact) mass is 226 g/mol. The van der Waals surface area contributed by atoms with E-state index in [0.29, 0.717) is 18.4 Å². The molecule has 3 N–H and O–H groups in total. The summed E-state index contributed by atoms with van der Waals surface area (Å²) in [5, 5.41) is 15.4. The van der Waals surface area contributed by atoms with Crippen LogP contribution in [0.3, 0.4) is 0 Å². The van der Waals surface area contributed by atoms with Gasteiger partial charge in [0.2, 0.25) is 5.91 Å². The molecule has 1 heterocycles. The van der Waals surface area contributed by atoms with Crippen molar-refractivity contribution in [3.05, 3.63) is 0 Å². The molecule has 0 spiro atoms. The molecule has 1 saturated heterocycles. The van der Waals surface area contributed by atoms with Crippen molar-refractivity contribution in [2.45, 2.75) is 51.2 Å². The molecule has 92 valence electrons. The zero-order valence-corrected chi connectivity index (χ0v) is 9.96. The molecule has 0 aromatic rings. The van der Waals surface area contributed by atoms with Gasteiger partial charge in [0, 0.05) is 13.1 Å². The molecule has 4 heteroatoms. The van der Waals surface area contributed by atoms with Gasteiger partial charge >= 0.3 is 0 Å². The molecule has 1 saturated carbocycles. The zero-order valence-electron chi connectivity index (χ0n) is 9.96. The number of nitrogens with one attached hydrogen (secondary N) is 2. The maximum atomic E-state index is 11.8. The van der Waals surface area contributed by atoms with Crippen LogP contribution in [0, 0.1) is 5.41 Å². The van der Waals surface area contributed by atoms with Gasteiger partial charge in [-0.3, -0.25) is 4.79 Å². The third kappa shape index (κ3) is 2.38. The number of hydrogen-bond acceptors (Lipinski definition) is 3. The summed E-state index contributed by atoms with van der Waals surface area (Å²) >= 11 is 0. The molecule has 1 amide bonds. The third-order valence-electron chi connectivity index (χ3n) is 4.23. The van der Waals surface area contributed by atoms with Gasteiger partial charge in [-0.1, -0.05) is 13.3 Å². The van der Waals surface area contributed by atoms with Crippen LogP contribution in [0.5, 0.6) is 0 Å². The van der Waals surface area contributed by atoms with E-state index in [0.717, 1.165) is 13.0 Å². The van der Waals surface area contributed by atoms with Crippen LogP contribution in [0.1, 0.15) is 39.0 Å². The van der Waals surface area contributed by atoms with Crippen molar-refractivity contribution in [2.75, 3.05) is 13.1 Å². The fourth-order valence-corrected chi connectivity index (χ4v) is 2.65. The average molecular weight is 226 g/mol. The summed E-state index contributed by atoms with van der Waals surface area (Å²) in [6, 6.07) is -0.191. The molecule has 2 rings (SSSR count). The smallest absolute Gasteiger partial charge is 0.237 e. The molecule has 0 aromatic heterocycles. The highest BCUT2D eigenvalue weighted by Gasteiger charge is 2.36. The second kappa shape index (κ2) is 4.72. The first-order chi connectivity index (χ1) is 7.65. The van der Waals surface area contributed by atoms with Crippen LogP contribution < -0.4 is 10.6 Å². The second-order valence-corrected chi connectivity index (χ2v) is 5.28. The molecule has 1 aliphatic carbocycles. The summed E-state index contributed by atoms with van der Waals surface area (Å²) in [5.74, 6) is 0.0521. The number of rotatable bonds is 4. The Morgan fingerprint density at radius 2 is 2.31 bits per heavy atom. The second-order valence-electron chi connectivity index (χ2n) is 5.28. The Labute approximate surface area is 96.8 Å². The Balaban J connectivity index is 1.75. The molecule has 2 aliphatic rings. The van der Waals surface area contributed by atoms with Crippen LogP contribution >= 0.6 is 0 Å². The van der Waals surface area contributed by atoms with Crippen LogP contribution in [0.15, 0.2) is 0 Å². The van der Waals surface area contributed by atoms with Gasteiger partial charge in [-0.05, 0) is 31.1 Å². The van der Waals surface area contributed by atoms with Crippen molar-refractivity contribution in [2.24, 2.45) is 5.41 Å². The van der Waals surface area contributed by atoms with Crippen LogP contribution in [0.4, 0.5) is 0 Å². The minimum atomic E-state index is -0.361. The van der Waals surface area contributed by atoms with E-state index in [-0.39, 0.29) is 18.1 Å². The Morgan fingerprint density at radius 3 is 2.75 bits per heavy atom. The number of amides is 1. The van der Waals surface area contributed by atoms with E-state index in [4.69, 9.17) is 0 Å². The van der Waals surface area contributed by atoms with Crippen molar-refractivity contribution >= 4 is 5.91 Å². The van der Waals surface area contributed by atoms with Gasteiger partial charge in [-0.25, -0.2) is 0 Å². The molecule has 16 heavy (non-hydrogen) atoms. The molecule has 0 radical (unpaired) electrons. The first-order valence-electron chi connectivity index (χ1n) is 6.34. The van der Waals surface area contributed by atoms with Crippen molar-refractivity contribution in [3.8, 4) is 0 Å². The van der Waals surface area contributed by atoms with Crippen LogP contribution in [-0.4, -0.2) is 36.2 Å². The molecule has 0 aromatic carbocycles. The van der Waals surface area contributed by atoms with Gasteiger partial charge < -0.3 is 15.7 Å². The van der Waals surface area contributed by atoms with Crippen molar-refractivity contribution in [1.29, 1.82) is 0 Å². The van der Waals surface area contributed by atoms with E-state index in [2.05, 4.69) is 17.6 Å². The van der Waals surface area contributed by atoms with E-state index in [1.807, 2.05) is 0 Å². The van der Waals surface area contributed by atoms with E-state index >= 15 is 0 Å². The van der Waals surface area contributed by atoms with Crippen LogP contribution in [0.2, 0.25) is 0 Å². The molecular weight excluding hydrogens is 204 g/mol. The van der Waals surface area contributed by atoms with Crippen molar-refractivity contribution in [1.82, 2.24) is 10.6 Å². The highest BCUT2D eigenvalue weighted by molar-refractivity contribution is 5.82. The Bertz CT molecular complexity index is 258. The van der Waals surface area contributed by atoms with Gasteiger partial charge in [-0.2, -0.15) is 0 Å². The van der Waals surface area contributed by atoms with E-state index in [1.54, 1.807) is 0 Å². The molecule has 2 atom stereocenters. The summed E-state index contributed by atoms with van der Waals surface area (Å²) in [6.07, 6.45) is 5.11. The van der Waals surface area contributed by atoms with E-state index in [1.165, 1.54) is 19.3 Å². The Kier molecular flexibility index (Phi) is 3.50. The number of carbonyl (C=O) groups is 1. The van der Waals surface area contributed by atoms with E-state index in [9.17, 15) is 9.90 Å². The minimum absolute atomic E-state index is 0.0521. The van der Waals surface area contributed by atoms with Crippen LogP contribution in [-0.2, 0) is 4.79 Å². The summed E-state index contributed by atoms with van der Waals surface area (Å²) in [7, 11) is 0. The predicted molar refractivity (Wildman–Crippen MR) is 62.0 cm³/mol. The topological polar surface area (TPSA) is 61.4 Å². The Hall–Kier alpha value is -0.610. The number of hydrogen-bond donors (Lipinski definition) is 3. The third-order valence-corrected chi connectivity index (χ3v) is 4.23. The first kappa shape index (κ1) is 11.9. The average Bonchev–Trinajstić information content (AvgIpc) is 2.64. The van der Waals surface area contributed by atoms with Gasteiger partial charge in [-0.15, -0.1) is 0 Å². The lowest BCUT2D eigenvalue weighted by atomic mass is 9.67. The quantitative estimate of drug-likeness (QED) is 0.650. The molecule has 0 bridgehead atoms. The maximum absolute atomic E-state index is 11.8. The molecule has 2 fully saturated rings. The largest absolute Gasteiger partial charge is 0.392 e. The van der Waals surface area contributed by atoms with Crippen LogP contribution in [0.25, 0.3) is 0 Å². The van der Waals surface area contributed by atoms with E-state index < -0.39 is 0 Å². The summed E-state index contributed by atoms with van der Waals surface area (Å²) in [5.41, 5.74) is 0.368. The van der Waals surface area contributed by atoms with Crippen molar-refractivity contribution in [3.63, 3.8) is 0 Å². The molecule has 1 aliphatic heterocycles. The number of carbonyl (C=O) groups excluding carboxylic acids is 1. The fourth-order valence-electron chi connectivity index (χ4n) is 2.65. The Morgan fingerprint density at radius 1 is 1.56 bits per heavy atom. The molecular formula is C12H22N2O2. The summed E-state index contributed by atoms with van der Waals surface area (Å²) in [4.78, 5) is 11.8. The maximum Gasteiger partial charge on any atom is 0.237 e. The zero-order chi connectivity index (χ0) is 11.6. The normalized spacial score (nSPS) is 32.1. The number of aliphatic hydroxyl groups is 1. The van der Waals surface area contributed by atoms with Gasteiger partial charge in [0.05, 0.1) is 12.1 Å². The van der Waals surface area contributed by atoms with Gasteiger partial charge in [0.15, 0.2) is 0 Å². The van der Waals surface area contributed by atoms with Crippen molar-refractivity contribution < 1.29 is 9.90 Å². The highest BCUT2D eigenvalue weighted by atomic mass is 16.3. The fraction of sp³-hybridized carbons (Fsp3) is 0.917. The lowest BCUT2D eigenvalue weighted by Gasteiger charge is -2.41. The lowest BCUT2D eigenvalue weighted by Crippen LogP contribution is -2.47. The standard InChI is InChI=1S/C12H22N2O2/c1-2-12(4-3-5-12)8-14-11(16)10-6-9(15)7-13-10/h9-10,13,15H,2-8H2,1H3,(H,14,16). The summed E-state index contributed by atoms with van der Waals surface area (Å²) in [6.45, 7) is 3.54. The SMILES string of the molecule is CCC1(CNC(=O)C2CC(O)CN2)CCC1. The lowest BCUT2D eigenvalue weighted by molar-refractivity contribution is -0.123. The van der Waals surface area contributed by atoms with Gasteiger partial charge in [0.25, 0.3) is 0 Å². The van der Waals surface area contributed by atoms with Gasteiger partial charge in [0.1, 0.15) is 0 Å². The molecule has 2 unspecified atom stereocenters. The molecule has 4 nitrogen and oxygen atoms in total. The number of aliphatic hydroxyl groups excluding tert-OH is 1. The first-order valence-corrected chi connectivity index (χ1v) is 6.34. The minimum Gasteiger partial charge on any atom is -0.392 e. The number of β-amino-alcohol motifs (C(OH)–C–C–N with tert-alkyl or cyclic N) is 1. The predicted octanol–water partition coefficient (Wildman–Crippen LogP) is 0.406. The highest BCUT2D eigenvalue weighted by Crippen LogP contribution is 2.43. The summed E-state index contributed by atoms with van der Waals surface area (Å²) < 4.78 is 0.